The zero-order valence-electron chi connectivity index (χ0n) is 11.4. The molecular formula is C13H13ClN2O4S2. The number of nitrogens with one attached hydrogen (secondary N) is 2. The second kappa shape index (κ2) is 6.15. The molecule has 0 aliphatic heterocycles. The molecule has 2 N–H and O–H groups in total. The average molecular weight is 361 g/mol. The highest BCUT2D eigenvalue weighted by molar-refractivity contribution is 7.92. The molecule has 0 amide bonds. The number of anilines is 2. The second-order valence-corrected chi connectivity index (χ2v) is 8.38. The van der Waals surface area contributed by atoms with E-state index in [0.29, 0.717) is 16.4 Å². The van der Waals surface area contributed by atoms with Gasteiger partial charge >= 0.3 is 0 Å². The molecule has 9 heteroatoms. The Kier molecular flexibility index (Phi) is 4.64. The lowest BCUT2D eigenvalue weighted by Gasteiger charge is -2.09. The second-order valence-electron chi connectivity index (χ2n) is 4.51. The summed E-state index contributed by atoms with van der Waals surface area (Å²) in [6, 6.07) is 11.7. The van der Waals surface area contributed by atoms with Crippen molar-refractivity contribution in [2.45, 2.75) is 4.90 Å². The van der Waals surface area contributed by atoms with Crippen LogP contribution in [0.5, 0.6) is 0 Å². The van der Waals surface area contributed by atoms with E-state index < -0.39 is 20.0 Å². The summed E-state index contributed by atoms with van der Waals surface area (Å²) in [6.45, 7) is 0. The fourth-order valence-electron chi connectivity index (χ4n) is 1.67. The molecule has 118 valence electrons. The van der Waals surface area contributed by atoms with E-state index in [1.807, 2.05) is 0 Å². The van der Waals surface area contributed by atoms with E-state index in [9.17, 15) is 16.8 Å². The summed E-state index contributed by atoms with van der Waals surface area (Å²) >= 11 is 5.78. The van der Waals surface area contributed by atoms with Crippen LogP contribution >= 0.6 is 11.6 Å². The molecule has 0 saturated heterocycles. The van der Waals surface area contributed by atoms with E-state index in [1.165, 1.54) is 42.5 Å². The van der Waals surface area contributed by atoms with Crippen LogP contribution in [0.15, 0.2) is 53.4 Å². The summed E-state index contributed by atoms with van der Waals surface area (Å²) < 4.78 is 51.2. The van der Waals surface area contributed by atoms with E-state index in [2.05, 4.69) is 9.44 Å². The summed E-state index contributed by atoms with van der Waals surface area (Å²) in [4.78, 5) is 0.0401. The third kappa shape index (κ3) is 4.62. The van der Waals surface area contributed by atoms with Crippen LogP contribution in [-0.4, -0.2) is 23.1 Å². The molecule has 0 atom stereocenters. The molecule has 0 aliphatic carbocycles. The van der Waals surface area contributed by atoms with Gasteiger partial charge in [0.1, 0.15) is 0 Å². The highest BCUT2D eigenvalue weighted by Crippen LogP contribution is 2.20. The van der Waals surface area contributed by atoms with Crippen LogP contribution in [0.4, 0.5) is 11.4 Å². The summed E-state index contributed by atoms with van der Waals surface area (Å²) in [5, 5.41) is 0.315. The number of rotatable bonds is 5. The molecule has 0 radical (unpaired) electrons. The number of halogens is 1. The maximum Gasteiger partial charge on any atom is 0.261 e. The molecule has 6 nitrogen and oxygen atoms in total. The molecule has 0 aliphatic rings. The lowest BCUT2D eigenvalue weighted by Crippen LogP contribution is -2.13. The smallest absolute Gasteiger partial charge is 0.261 e. The first kappa shape index (κ1) is 16.6. The van der Waals surface area contributed by atoms with Crippen LogP contribution in [0.25, 0.3) is 0 Å². The zero-order chi connectivity index (χ0) is 16.4. The molecular weight excluding hydrogens is 348 g/mol. The molecule has 2 aromatic rings. The summed E-state index contributed by atoms with van der Waals surface area (Å²) in [6.07, 6.45) is 1.03. The minimum absolute atomic E-state index is 0.0401. The van der Waals surface area contributed by atoms with Crippen molar-refractivity contribution >= 4 is 43.0 Å². The van der Waals surface area contributed by atoms with Crippen LogP contribution in [0.1, 0.15) is 0 Å². The van der Waals surface area contributed by atoms with Crippen molar-refractivity contribution in [3.05, 3.63) is 53.6 Å². The van der Waals surface area contributed by atoms with Gasteiger partial charge < -0.3 is 0 Å². The summed E-state index contributed by atoms with van der Waals surface area (Å²) in [5.74, 6) is 0. The summed E-state index contributed by atoms with van der Waals surface area (Å²) in [5.41, 5.74) is 0.646. The number of hydrogen-bond acceptors (Lipinski definition) is 4. The highest BCUT2D eigenvalue weighted by Gasteiger charge is 2.14. The largest absolute Gasteiger partial charge is 0.284 e. The Bertz CT molecular complexity index is 879. The maximum absolute atomic E-state index is 12.2. The molecule has 0 unspecified atom stereocenters. The molecule has 2 rings (SSSR count). The Morgan fingerprint density at radius 2 is 1.41 bits per heavy atom. The van der Waals surface area contributed by atoms with Crippen LogP contribution in [0.3, 0.4) is 0 Å². The molecule has 0 bridgehead atoms. The van der Waals surface area contributed by atoms with E-state index in [4.69, 9.17) is 11.6 Å². The Morgan fingerprint density at radius 3 is 1.91 bits per heavy atom. The van der Waals surface area contributed by atoms with E-state index in [-0.39, 0.29) is 4.90 Å². The first-order valence-corrected chi connectivity index (χ1v) is 9.77. The van der Waals surface area contributed by atoms with Gasteiger partial charge in [-0.3, -0.25) is 9.44 Å². The SMILES string of the molecule is CS(=O)(=O)Nc1ccc(NS(=O)(=O)c2cccc(Cl)c2)cc1. The monoisotopic (exact) mass is 360 g/mol. The summed E-state index contributed by atoms with van der Waals surface area (Å²) in [7, 11) is -7.13. The topological polar surface area (TPSA) is 92.3 Å². The fraction of sp³-hybridized carbons (Fsp3) is 0.0769. The van der Waals surface area contributed by atoms with Gasteiger partial charge in [-0.05, 0) is 42.5 Å². The molecule has 22 heavy (non-hydrogen) atoms. The van der Waals surface area contributed by atoms with Crippen molar-refractivity contribution in [1.82, 2.24) is 0 Å². The Labute approximate surface area is 134 Å². The van der Waals surface area contributed by atoms with Crippen molar-refractivity contribution in [3.8, 4) is 0 Å². The Morgan fingerprint density at radius 1 is 0.864 bits per heavy atom. The predicted octanol–water partition coefficient (Wildman–Crippen LogP) is 2.51. The normalized spacial score (nSPS) is 11.9. The first-order valence-electron chi connectivity index (χ1n) is 6.02. The van der Waals surface area contributed by atoms with Gasteiger partial charge in [0.05, 0.1) is 11.2 Å². The standard InChI is InChI=1S/C13H13ClN2O4S2/c1-21(17,18)15-11-5-7-12(8-6-11)16-22(19,20)13-4-2-3-10(14)9-13/h2-9,15-16H,1H3. The Balaban J connectivity index is 2.20. The molecule has 0 spiro atoms. The van der Waals surface area contributed by atoms with Crippen LogP contribution in [0.2, 0.25) is 5.02 Å². The van der Waals surface area contributed by atoms with Gasteiger partial charge in [-0.25, -0.2) is 16.8 Å². The number of sulfonamides is 2. The van der Waals surface area contributed by atoms with E-state index in [1.54, 1.807) is 6.07 Å². The molecule has 2 aromatic carbocycles. The highest BCUT2D eigenvalue weighted by atomic mass is 35.5. The third-order valence-corrected chi connectivity index (χ3v) is 4.77. The maximum atomic E-state index is 12.2. The van der Waals surface area contributed by atoms with E-state index >= 15 is 0 Å². The van der Waals surface area contributed by atoms with Crippen LogP contribution < -0.4 is 9.44 Å². The predicted molar refractivity (Wildman–Crippen MR) is 87.2 cm³/mol. The molecule has 0 fully saturated rings. The first-order chi connectivity index (χ1) is 10.2. The van der Waals surface area contributed by atoms with Gasteiger partial charge in [-0.15, -0.1) is 0 Å². The van der Waals surface area contributed by atoms with E-state index in [0.717, 1.165) is 6.26 Å². The molecule has 0 saturated carbocycles. The van der Waals surface area contributed by atoms with Crippen molar-refractivity contribution in [2.75, 3.05) is 15.7 Å². The van der Waals surface area contributed by atoms with Gasteiger partial charge in [-0.1, -0.05) is 17.7 Å². The van der Waals surface area contributed by atoms with Crippen molar-refractivity contribution in [3.63, 3.8) is 0 Å². The molecule has 0 heterocycles. The minimum Gasteiger partial charge on any atom is -0.284 e. The zero-order valence-corrected chi connectivity index (χ0v) is 13.8. The fourth-order valence-corrected chi connectivity index (χ4v) is 3.59. The third-order valence-electron chi connectivity index (χ3n) is 2.55. The van der Waals surface area contributed by atoms with Crippen LogP contribution in [-0.2, 0) is 20.0 Å². The van der Waals surface area contributed by atoms with Gasteiger partial charge in [-0.2, -0.15) is 0 Å². The lowest BCUT2D eigenvalue weighted by atomic mass is 10.3. The molecule has 0 aromatic heterocycles. The minimum atomic E-state index is -3.76. The van der Waals surface area contributed by atoms with Gasteiger partial charge in [0.15, 0.2) is 0 Å². The van der Waals surface area contributed by atoms with Crippen molar-refractivity contribution in [1.29, 1.82) is 0 Å². The number of benzene rings is 2. The van der Waals surface area contributed by atoms with Gasteiger partial charge in [0.25, 0.3) is 10.0 Å². The Hall–Kier alpha value is -1.77. The van der Waals surface area contributed by atoms with Crippen LogP contribution in [0, 0.1) is 0 Å². The quantitative estimate of drug-likeness (QED) is 0.856. The average Bonchev–Trinajstić information content (AvgIpc) is 2.39. The van der Waals surface area contributed by atoms with Crippen molar-refractivity contribution in [2.24, 2.45) is 0 Å². The number of hydrogen-bond donors (Lipinski definition) is 2. The van der Waals surface area contributed by atoms with Gasteiger partial charge in [0, 0.05) is 16.4 Å². The van der Waals surface area contributed by atoms with Gasteiger partial charge in [0.2, 0.25) is 10.0 Å². The van der Waals surface area contributed by atoms with Crippen molar-refractivity contribution < 1.29 is 16.8 Å². The lowest BCUT2D eigenvalue weighted by molar-refractivity contribution is 0.600.